The van der Waals surface area contributed by atoms with Gasteiger partial charge < -0.3 is 4.90 Å². The van der Waals surface area contributed by atoms with Gasteiger partial charge in [0, 0.05) is 34.6 Å². The summed E-state index contributed by atoms with van der Waals surface area (Å²) in [5, 5.41) is 12.1. The highest BCUT2D eigenvalue weighted by atomic mass is 35.5. The number of amides is 1. The van der Waals surface area contributed by atoms with Crippen LogP contribution in [0.5, 0.6) is 0 Å². The van der Waals surface area contributed by atoms with Gasteiger partial charge in [0.05, 0.1) is 9.82 Å². The molecule has 0 saturated carbocycles. The molecule has 0 unspecified atom stereocenters. The number of piperidine rings is 1. The van der Waals surface area contributed by atoms with Gasteiger partial charge in [-0.25, -0.2) is 0 Å². The Morgan fingerprint density at radius 1 is 1.19 bits per heavy atom. The second kappa shape index (κ2) is 8.31. The highest BCUT2D eigenvalue weighted by molar-refractivity contribution is 7.99. The molecule has 0 spiro atoms. The van der Waals surface area contributed by atoms with Crippen LogP contribution in [0, 0.1) is 22.0 Å². The van der Waals surface area contributed by atoms with Crippen LogP contribution in [0.4, 0.5) is 5.69 Å². The minimum absolute atomic E-state index is 0.0658. The van der Waals surface area contributed by atoms with Gasteiger partial charge in [0.2, 0.25) is 0 Å². The number of benzene rings is 2. The Labute approximate surface area is 167 Å². The second-order valence-electron chi connectivity index (χ2n) is 7.16. The van der Waals surface area contributed by atoms with Crippen molar-refractivity contribution in [3.8, 4) is 0 Å². The Kier molecular flexibility index (Phi) is 6.07. The first-order valence-corrected chi connectivity index (χ1v) is 10.0. The van der Waals surface area contributed by atoms with Crippen molar-refractivity contribution in [1.82, 2.24) is 4.90 Å². The van der Waals surface area contributed by atoms with Crippen molar-refractivity contribution in [2.24, 2.45) is 11.8 Å². The number of rotatable bonds is 4. The predicted octanol–water partition coefficient (Wildman–Crippen LogP) is 5.52. The maximum absolute atomic E-state index is 12.9. The van der Waals surface area contributed by atoms with Gasteiger partial charge in [0.25, 0.3) is 11.6 Å². The quantitative estimate of drug-likeness (QED) is 0.497. The zero-order valence-electron chi connectivity index (χ0n) is 15.2. The van der Waals surface area contributed by atoms with Crippen LogP contribution in [0.15, 0.2) is 52.3 Å². The summed E-state index contributed by atoms with van der Waals surface area (Å²) in [5.41, 5.74) is 0.294. The van der Waals surface area contributed by atoms with Gasteiger partial charge in [-0.1, -0.05) is 43.3 Å². The summed E-state index contributed by atoms with van der Waals surface area (Å²) in [6.07, 6.45) is 1.10. The molecule has 2 atom stereocenters. The van der Waals surface area contributed by atoms with Crippen LogP contribution >= 0.6 is 23.4 Å². The van der Waals surface area contributed by atoms with Gasteiger partial charge in [-0.2, -0.15) is 0 Å². The molecule has 3 rings (SSSR count). The van der Waals surface area contributed by atoms with E-state index in [9.17, 15) is 14.9 Å². The van der Waals surface area contributed by atoms with Crippen molar-refractivity contribution in [1.29, 1.82) is 0 Å². The number of nitro benzene ring substituents is 1. The van der Waals surface area contributed by atoms with E-state index in [4.69, 9.17) is 11.6 Å². The molecule has 27 heavy (non-hydrogen) atoms. The van der Waals surface area contributed by atoms with Crippen molar-refractivity contribution in [3.63, 3.8) is 0 Å². The molecule has 5 nitrogen and oxygen atoms in total. The molecule has 0 N–H and O–H groups in total. The normalized spacial score (nSPS) is 19.7. The second-order valence-corrected chi connectivity index (χ2v) is 8.71. The third-order valence-corrected chi connectivity index (χ3v) is 5.87. The SMILES string of the molecule is C[C@@H]1C[C@@H](C)CN(C(=O)c2ccc(Sc3cccc(Cl)c3)c([N+](=O)[O-])c2)C1. The van der Waals surface area contributed by atoms with Crippen LogP contribution in [-0.2, 0) is 0 Å². The number of hydrogen-bond donors (Lipinski definition) is 0. The van der Waals surface area contributed by atoms with E-state index in [-0.39, 0.29) is 11.6 Å². The zero-order valence-corrected chi connectivity index (χ0v) is 16.8. The lowest BCUT2D eigenvalue weighted by Crippen LogP contribution is -2.42. The lowest BCUT2D eigenvalue weighted by atomic mass is 9.91. The molecule has 1 fully saturated rings. The van der Waals surface area contributed by atoms with Gasteiger partial charge in [-0.15, -0.1) is 0 Å². The van der Waals surface area contributed by atoms with E-state index in [1.165, 1.54) is 17.8 Å². The molecule has 0 bridgehead atoms. The van der Waals surface area contributed by atoms with E-state index < -0.39 is 4.92 Å². The third-order valence-electron chi connectivity index (χ3n) is 4.58. The summed E-state index contributed by atoms with van der Waals surface area (Å²) in [6, 6.07) is 11.9. The molecule has 1 aliphatic heterocycles. The Morgan fingerprint density at radius 2 is 1.89 bits per heavy atom. The van der Waals surface area contributed by atoms with Crippen LogP contribution < -0.4 is 0 Å². The first-order chi connectivity index (χ1) is 12.8. The number of likely N-dealkylation sites (tertiary alicyclic amines) is 1. The number of carbonyl (C=O) groups is 1. The summed E-state index contributed by atoms with van der Waals surface area (Å²) >= 11 is 7.25. The van der Waals surface area contributed by atoms with Crippen LogP contribution in [0.1, 0.15) is 30.6 Å². The molecule has 2 aromatic carbocycles. The van der Waals surface area contributed by atoms with Gasteiger partial charge >= 0.3 is 0 Å². The fourth-order valence-corrected chi connectivity index (χ4v) is 4.76. The fourth-order valence-electron chi connectivity index (χ4n) is 3.55. The molecule has 7 heteroatoms. The van der Waals surface area contributed by atoms with Crippen molar-refractivity contribution in [2.45, 2.75) is 30.1 Å². The van der Waals surface area contributed by atoms with E-state index in [1.807, 2.05) is 11.0 Å². The lowest BCUT2D eigenvalue weighted by molar-refractivity contribution is -0.387. The van der Waals surface area contributed by atoms with Crippen molar-refractivity contribution in [3.05, 3.63) is 63.2 Å². The molecular weight excluding hydrogens is 384 g/mol. The summed E-state index contributed by atoms with van der Waals surface area (Å²) in [7, 11) is 0. The Hall–Kier alpha value is -2.05. The molecule has 1 saturated heterocycles. The van der Waals surface area contributed by atoms with E-state index in [0.717, 1.165) is 11.3 Å². The summed E-state index contributed by atoms with van der Waals surface area (Å²) in [4.78, 5) is 27.1. The summed E-state index contributed by atoms with van der Waals surface area (Å²) in [6.45, 7) is 5.64. The average Bonchev–Trinajstić information content (AvgIpc) is 2.60. The zero-order chi connectivity index (χ0) is 19.6. The van der Waals surface area contributed by atoms with Gasteiger partial charge in [-0.3, -0.25) is 14.9 Å². The van der Waals surface area contributed by atoms with E-state index in [1.54, 1.807) is 30.3 Å². The molecule has 0 radical (unpaired) electrons. The summed E-state index contributed by atoms with van der Waals surface area (Å²) in [5.74, 6) is 0.728. The average molecular weight is 405 g/mol. The van der Waals surface area contributed by atoms with E-state index in [0.29, 0.717) is 40.4 Å². The van der Waals surface area contributed by atoms with Crippen molar-refractivity contribution in [2.75, 3.05) is 13.1 Å². The minimum Gasteiger partial charge on any atom is -0.338 e. The van der Waals surface area contributed by atoms with Crippen LogP contribution in [-0.4, -0.2) is 28.8 Å². The standard InChI is InChI=1S/C20H21ClN2O3S/c1-13-8-14(2)12-22(11-13)20(24)15-6-7-19(18(9-15)23(25)26)27-17-5-3-4-16(21)10-17/h3-7,9-10,13-14H,8,11-12H2,1-2H3/t13-,14-/m1/s1. The molecule has 1 heterocycles. The fraction of sp³-hybridized carbons (Fsp3) is 0.350. The summed E-state index contributed by atoms with van der Waals surface area (Å²) < 4.78 is 0. The Morgan fingerprint density at radius 3 is 2.52 bits per heavy atom. The third kappa shape index (κ3) is 4.82. The monoisotopic (exact) mass is 404 g/mol. The number of nitrogens with zero attached hydrogens (tertiary/aromatic N) is 2. The van der Waals surface area contributed by atoms with E-state index in [2.05, 4.69) is 13.8 Å². The lowest BCUT2D eigenvalue weighted by Gasteiger charge is -2.35. The van der Waals surface area contributed by atoms with E-state index >= 15 is 0 Å². The van der Waals surface area contributed by atoms with Gasteiger partial charge in [-0.05, 0) is 48.6 Å². The van der Waals surface area contributed by atoms with Crippen molar-refractivity contribution < 1.29 is 9.72 Å². The molecule has 1 amide bonds. The Balaban J connectivity index is 1.87. The van der Waals surface area contributed by atoms with Crippen molar-refractivity contribution >= 4 is 35.0 Å². The molecule has 2 aromatic rings. The maximum Gasteiger partial charge on any atom is 0.284 e. The Bertz CT molecular complexity index is 864. The highest BCUT2D eigenvalue weighted by Crippen LogP contribution is 2.36. The number of halogens is 1. The maximum atomic E-state index is 12.9. The smallest absolute Gasteiger partial charge is 0.284 e. The topological polar surface area (TPSA) is 63.5 Å². The predicted molar refractivity (Wildman–Crippen MR) is 108 cm³/mol. The minimum atomic E-state index is -0.439. The number of hydrogen-bond acceptors (Lipinski definition) is 4. The molecule has 142 valence electrons. The van der Waals surface area contributed by atoms with Crippen LogP contribution in [0.2, 0.25) is 5.02 Å². The first-order valence-electron chi connectivity index (χ1n) is 8.84. The molecule has 1 aliphatic rings. The van der Waals surface area contributed by atoms with Crippen LogP contribution in [0.3, 0.4) is 0 Å². The number of carbonyl (C=O) groups excluding carboxylic acids is 1. The van der Waals surface area contributed by atoms with Crippen LogP contribution in [0.25, 0.3) is 0 Å². The number of nitro groups is 1. The molecule has 0 aromatic heterocycles. The van der Waals surface area contributed by atoms with Gasteiger partial charge in [0.15, 0.2) is 0 Å². The van der Waals surface area contributed by atoms with Gasteiger partial charge in [0.1, 0.15) is 0 Å². The highest BCUT2D eigenvalue weighted by Gasteiger charge is 2.27. The molecule has 0 aliphatic carbocycles. The largest absolute Gasteiger partial charge is 0.338 e. The first kappa shape index (κ1) is 19.7. The molecular formula is C20H21ClN2O3S.